The lowest BCUT2D eigenvalue weighted by molar-refractivity contribution is -0.117. The quantitative estimate of drug-likeness (QED) is 0.393. The van der Waals surface area contributed by atoms with Gasteiger partial charge >= 0.3 is 0 Å². The van der Waals surface area contributed by atoms with E-state index in [-0.39, 0.29) is 0 Å². The first-order chi connectivity index (χ1) is 6.02. The van der Waals surface area contributed by atoms with E-state index in [1.165, 1.54) is 6.08 Å². The summed E-state index contributed by atoms with van der Waals surface area (Å²) < 4.78 is 26.0. The number of amides is 1. The van der Waals surface area contributed by atoms with Gasteiger partial charge in [-0.15, -0.1) is 0 Å². The van der Waals surface area contributed by atoms with Crippen LogP contribution < -0.4 is 5.32 Å². The van der Waals surface area contributed by atoms with Gasteiger partial charge in [0.15, 0.2) is 0 Å². The predicted octanol–water partition coefficient (Wildman–Crippen LogP) is 0.126. The zero-order chi connectivity index (χ0) is 10.3. The van der Waals surface area contributed by atoms with Crippen molar-refractivity contribution < 1.29 is 17.4 Å². The third-order valence-corrected chi connectivity index (χ3v) is 2.01. The lowest BCUT2D eigenvalue weighted by atomic mass is 10.6. The Morgan fingerprint density at radius 3 is 2.69 bits per heavy atom. The predicted molar refractivity (Wildman–Crippen MR) is 48.0 cm³/mol. The highest BCUT2D eigenvalue weighted by atomic mass is 32.2. The largest absolute Gasteiger partial charge is 0.328 e. The molecule has 13 heavy (non-hydrogen) atoms. The standard InChI is InChI=1S/C7H11NO4S/c1-3-5-13(10,11)12-6-8-7(9)4-2/h3-5H,2,6H2,1H3,(H,8,9). The van der Waals surface area contributed by atoms with Crippen LogP contribution in [0.4, 0.5) is 0 Å². The Balaban J connectivity index is 3.90. The van der Waals surface area contributed by atoms with E-state index in [1.807, 2.05) is 0 Å². The maximum atomic E-state index is 10.8. The lowest BCUT2D eigenvalue weighted by Crippen LogP contribution is -2.25. The average molecular weight is 205 g/mol. The number of nitrogens with one attached hydrogen (secondary N) is 1. The fraction of sp³-hybridized carbons (Fsp3) is 0.286. The van der Waals surface area contributed by atoms with Gasteiger partial charge in [0.25, 0.3) is 10.1 Å². The van der Waals surface area contributed by atoms with Crippen molar-refractivity contribution in [2.75, 3.05) is 6.73 Å². The van der Waals surface area contributed by atoms with E-state index in [0.29, 0.717) is 0 Å². The Kier molecular flexibility index (Phi) is 5.01. The van der Waals surface area contributed by atoms with Crippen molar-refractivity contribution in [1.82, 2.24) is 5.32 Å². The molecule has 0 aliphatic heterocycles. The summed E-state index contributed by atoms with van der Waals surface area (Å²) in [6, 6.07) is 0. The van der Waals surface area contributed by atoms with Crippen LogP contribution in [-0.4, -0.2) is 21.1 Å². The van der Waals surface area contributed by atoms with Crippen LogP contribution in [0.2, 0.25) is 0 Å². The van der Waals surface area contributed by atoms with Crippen LogP contribution >= 0.6 is 0 Å². The van der Waals surface area contributed by atoms with Gasteiger partial charge in [-0.2, -0.15) is 8.42 Å². The van der Waals surface area contributed by atoms with Crippen LogP contribution in [-0.2, 0) is 19.1 Å². The maximum absolute atomic E-state index is 10.8. The van der Waals surface area contributed by atoms with Crippen LogP contribution in [0.15, 0.2) is 24.1 Å². The fourth-order valence-corrected chi connectivity index (χ4v) is 1.10. The van der Waals surface area contributed by atoms with Gasteiger partial charge in [0, 0.05) is 0 Å². The topological polar surface area (TPSA) is 72.5 Å². The van der Waals surface area contributed by atoms with E-state index in [0.717, 1.165) is 11.5 Å². The first kappa shape index (κ1) is 11.9. The van der Waals surface area contributed by atoms with E-state index >= 15 is 0 Å². The maximum Gasteiger partial charge on any atom is 0.291 e. The zero-order valence-electron chi connectivity index (χ0n) is 7.19. The zero-order valence-corrected chi connectivity index (χ0v) is 8.00. The van der Waals surface area contributed by atoms with Gasteiger partial charge in [0.1, 0.15) is 6.73 Å². The van der Waals surface area contributed by atoms with Crippen molar-refractivity contribution in [2.45, 2.75) is 6.92 Å². The average Bonchev–Trinajstić information content (AvgIpc) is 2.03. The minimum absolute atomic E-state index is 0.391. The second-order valence-corrected chi connectivity index (χ2v) is 3.46. The Hall–Kier alpha value is -1.14. The second-order valence-electron chi connectivity index (χ2n) is 1.97. The molecule has 5 nitrogen and oxygen atoms in total. The molecule has 0 heterocycles. The van der Waals surface area contributed by atoms with Gasteiger partial charge in [-0.25, -0.2) is 4.18 Å². The Morgan fingerprint density at radius 2 is 2.23 bits per heavy atom. The summed E-state index contributed by atoms with van der Waals surface area (Å²) in [5.41, 5.74) is 0. The fourth-order valence-electron chi connectivity index (χ4n) is 0.461. The van der Waals surface area contributed by atoms with Gasteiger partial charge < -0.3 is 5.32 Å². The van der Waals surface area contributed by atoms with E-state index < -0.39 is 22.8 Å². The number of hydrogen-bond donors (Lipinski definition) is 1. The van der Waals surface area contributed by atoms with Gasteiger partial charge in [0.2, 0.25) is 5.91 Å². The highest BCUT2D eigenvalue weighted by Crippen LogP contribution is 1.93. The third-order valence-electron chi connectivity index (χ3n) is 0.958. The molecule has 0 fully saturated rings. The highest BCUT2D eigenvalue weighted by Gasteiger charge is 2.04. The normalized spacial score (nSPS) is 11.5. The Morgan fingerprint density at radius 1 is 1.62 bits per heavy atom. The Labute approximate surface area is 77.2 Å². The molecule has 0 unspecified atom stereocenters. The van der Waals surface area contributed by atoms with Gasteiger partial charge in [-0.05, 0) is 13.0 Å². The molecular weight excluding hydrogens is 194 g/mol. The second kappa shape index (κ2) is 5.50. The SMILES string of the molecule is C=CC(=O)NCOS(=O)(=O)C=CC. The van der Waals surface area contributed by atoms with E-state index in [9.17, 15) is 13.2 Å². The van der Waals surface area contributed by atoms with Crippen molar-refractivity contribution in [3.63, 3.8) is 0 Å². The molecule has 0 radical (unpaired) electrons. The molecule has 1 N–H and O–H groups in total. The van der Waals surface area contributed by atoms with Gasteiger partial charge in [-0.3, -0.25) is 4.79 Å². The molecule has 0 saturated heterocycles. The summed E-state index contributed by atoms with van der Waals surface area (Å²) in [5.74, 6) is -0.490. The van der Waals surface area contributed by atoms with Crippen molar-refractivity contribution in [1.29, 1.82) is 0 Å². The monoisotopic (exact) mass is 205 g/mol. The van der Waals surface area contributed by atoms with Crippen molar-refractivity contribution >= 4 is 16.0 Å². The molecule has 0 aliphatic rings. The number of carbonyl (C=O) groups is 1. The van der Waals surface area contributed by atoms with Crippen LogP contribution in [0, 0.1) is 0 Å². The van der Waals surface area contributed by atoms with Crippen LogP contribution in [0.5, 0.6) is 0 Å². The molecule has 0 spiro atoms. The lowest BCUT2D eigenvalue weighted by Gasteiger charge is -2.01. The van der Waals surface area contributed by atoms with E-state index in [2.05, 4.69) is 16.1 Å². The van der Waals surface area contributed by atoms with Crippen molar-refractivity contribution in [3.05, 3.63) is 24.1 Å². The molecule has 74 valence electrons. The summed E-state index contributed by atoms with van der Waals surface area (Å²) in [6.45, 7) is 4.33. The van der Waals surface area contributed by atoms with Crippen LogP contribution in [0.25, 0.3) is 0 Å². The molecule has 0 aliphatic carbocycles. The van der Waals surface area contributed by atoms with E-state index in [4.69, 9.17) is 0 Å². The molecule has 0 saturated carbocycles. The smallest absolute Gasteiger partial charge is 0.291 e. The van der Waals surface area contributed by atoms with Crippen molar-refractivity contribution in [3.8, 4) is 0 Å². The van der Waals surface area contributed by atoms with E-state index in [1.54, 1.807) is 6.92 Å². The molecule has 0 atom stereocenters. The summed E-state index contributed by atoms with van der Waals surface area (Å²) in [4.78, 5) is 10.5. The van der Waals surface area contributed by atoms with Gasteiger partial charge in [-0.1, -0.05) is 12.7 Å². The summed E-state index contributed by atoms with van der Waals surface area (Å²) in [7, 11) is -3.67. The molecule has 0 aromatic heterocycles. The summed E-state index contributed by atoms with van der Waals surface area (Å²) in [5, 5.41) is 3.05. The van der Waals surface area contributed by atoms with Crippen LogP contribution in [0.3, 0.4) is 0 Å². The number of allylic oxidation sites excluding steroid dienone is 1. The van der Waals surface area contributed by atoms with Crippen LogP contribution in [0.1, 0.15) is 6.92 Å². The molecule has 6 heteroatoms. The van der Waals surface area contributed by atoms with Crippen molar-refractivity contribution in [2.24, 2.45) is 0 Å². The molecule has 0 rings (SSSR count). The third kappa shape index (κ3) is 6.06. The first-order valence-electron chi connectivity index (χ1n) is 3.44. The first-order valence-corrected chi connectivity index (χ1v) is 4.91. The summed E-state index contributed by atoms with van der Waals surface area (Å²) >= 11 is 0. The minimum Gasteiger partial charge on any atom is -0.328 e. The Bertz CT molecular complexity index is 304. The summed E-state index contributed by atoms with van der Waals surface area (Å²) in [6.07, 6.45) is 2.34. The minimum atomic E-state index is -3.67. The molecule has 0 aromatic carbocycles. The molecular formula is C7H11NO4S. The molecule has 0 aromatic rings. The highest BCUT2D eigenvalue weighted by molar-refractivity contribution is 7.89. The number of carbonyl (C=O) groups excluding carboxylic acids is 1. The number of hydrogen-bond acceptors (Lipinski definition) is 4. The van der Waals surface area contributed by atoms with Gasteiger partial charge in [0.05, 0.1) is 5.41 Å². The number of rotatable bonds is 5. The molecule has 0 bridgehead atoms. The molecule has 1 amide bonds.